The van der Waals surface area contributed by atoms with Crippen LogP contribution in [0.3, 0.4) is 0 Å². The van der Waals surface area contributed by atoms with E-state index >= 15 is 0 Å². The fourth-order valence-corrected chi connectivity index (χ4v) is 9.65. The lowest BCUT2D eigenvalue weighted by Gasteiger charge is -2.19. The molecule has 8 N–H and O–H groups in total. The van der Waals surface area contributed by atoms with Gasteiger partial charge in [0.15, 0.2) is 17.5 Å². The summed E-state index contributed by atoms with van der Waals surface area (Å²) in [6.45, 7) is 3.83. The number of amides is 2. The monoisotopic (exact) mass is 1310 g/mol. The number of benzene rings is 4. The molecule has 97 heavy (non-hydrogen) atoms. The topological polar surface area (TPSA) is 322 Å². The largest absolute Gasteiger partial charge is 0.478 e. The van der Waals surface area contributed by atoms with Crippen LogP contribution in [0.2, 0.25) is 0 Å². The zero-order chi connectivity index (χ0) is 68.5. The first-order valence-electron chi connectivity index (χ1n) is 29.6. The summed E-state index contributed by atoms with van der Waals surface area (Å²) in [7, 11) is 1.62. The summed E-state index contributed by atoms with van der Waals surface area (Å²) in [6, 6.07) is 28.2. The number of hydrogen-bond donors (Lipinski definition) is 8. The van der Waals surface area contributed by atoms with E-state index in [0.29, 0.717) is 50.1 Å². The Morgan fingerprint density at radius 1 is 0.526 bits per heavy atom. The van der Waals surface area contributed by atoms with Crippen molar-refractivity contribution in [3.05, 3.63) is 261 Å². The van der Waals surface area contributed by atoms with Crippen LogP contribution in [-0.2, 0) is 13.6 Å². The summed E-state index contributed by atoms with van der Waals surface area (Å²) in [6.07, 6.45) is 29.2. The van der Waals surface area contributed by atoms with Crippen molar-refractivity contribution in [2.75, 3.05) is 6.61 Å². The molecule has 13 rings (SSSR count). The number of pyridine rings is 4. The number of carbonyl (C=O) groups is 4. The van der Waals surface area contributed by atoms with Gasteiger partial charge in [-0.25, -0.2) is 27.2 Å². The number of carbonyl (C=O) groups excluding carboxylic acids is 2. The van der Waals surface area contributed by atoms with Gasteiger partial charge in [-0.05, 0) is 137 Å². The summed E-state index contributed by atoms with van der Waals surface area (Å²) in [5.74, 6) is -4.93. The van der Waals surface area contributed by atoms with Crippen molar-refractivity contribution in [2.24, 2.45) is 13.0 Å². The van der Waals surface area contributed by atoms with Crippen LogP contribution in [0.15, 0.2) is 169 Å². The van der Waals surface area contributed by atoms with Gasteiger partial charge in [0.1, 0.15) is 33.6 Å². The third kappa shape index (κ3) is 16.9. The van der Waals surface area contributed by atoms with Gasteiger partial charge in [-0.3, -0.25) is 49.5 Å². The van der Waals surface area contributed by atoms with Crippen molar-refractivity contribution in [1.82, 2.24) is 70.9 Å². The number of aliphatic hydroxyl groups is 1. The highest BCUT2D eigenvalue weighted by molar-refractivity contribution is 6.02. The Morgan fingerprint density at radius 3 is 1.32 bits per heavy atom. The smallest absolute Gasteiger partial charge is 0.335 e. The molecule has 4 aromatic carbocycles. The number of aryl methyl sites for hydroxylation is 1. The van der Waals surface area contributed by atoms with Gasteiger partial charge in [-0.1, -0.05) is 62.4 Å². The quantitative estimate of drug-likeness (QED) is 0.0393. The number of hydrogen-bond acceptors (Lipinski definition) is 14. The molecule has 0 radical (unpaired) electrons. The van der Waals surface area contributed by atoms with E-state index in [1.807, 2.05) is 62.4 Å². The summed E-state index contributed by atoms with van der Waals surface area (Å²) in [5, 5.41) is 59.2. The minimum atomic E-state index is -1.18. The van der Waals surface area contributed by atoms with Crippen LogP contribution in [0.4, 0.5) is 17.6 Å². The molecule has 9 heterocycles. The Balaban J connectivity index is 0.000000141. The predicted molar refractivity (Wildman–Crippen MR) is 358 cm³/mol. The number of nitrogens with zero attached hydrogens (tertiary/aromatic N) is 9. The fourth-order valence-electron chi connectivity index (χ4n) is 9.65. The first-order valence-corrected chi connectivity index (χ1v) is 29.6. The molecule has 0 saturated heterocycles. The van der Waals surface area contributed by atoms with E-state index in [1.165, 1.54) is 29.1 Å². The average Bonchev–Trinajstić information content (AvgIpc) is 1.69. The second-order valence-electron chi connectivity index (χ2n) is 21.7. The van der Waals surface area contributed by atoms with Gasteiger partial charge < -0.3 is 30.4 Å². The summed E-state index contributed by atoms with van der Waals surface area (Å²) in [4.78, 5) is 63.0. The standard InChI is InChI=1S/C20H15FN4O2.C20H21FN4O2.C16H12FN3O2.C15H10FN3O2/c21-17-10-14(20(26)23-12-15-4-2-8-27-15)9-16-18(24-25-19(16)17)6-5-13-3-1-7-22-11-13;1-12(2)18(11-26)23-20(27)14-8-15-17(24-25-19(15)16(21)9-14)6-5-13-4-3-7-22-10-13;1-20-15-12(7-11(16(21)22)8-13(15)17)14(19-20)5-4-10-3-2-6-18-9-10;16-12-7-10(15(20)21)6-11-13(18-19-14(11)12)4-3-9-2-1-5-17-8-9/h1-11H,12H2,(H,23,26)(H,24,25);3-10,12,18,26H,11H2,1-2H3,(H,23,27)(H,24,25);2-9H,1H3,(H,21,22);1-8H,(H,18,19)(H,20,21)/b2*6-5+;5-4+;4-3+/t;18-;;/m.1../s1. The molecule has 13 aromatic rings. The Bertz CT molecular complexity index is 5060. The summed E-state index contributed by atoms with van der Waals surface area (Å²) >= 11 is 0. The SMILES string of the molecule is CC(C)[C@@H](CO)NC(=O)c1cc(F)c2n[nH]c(/C=C/c3cccnc3)c2c1.Cn1nc(/C=C/c2cccnc2)c2cc(C(=O)O)cc(F)c21.O=C(NCc1ccco1)c1cc(F)c2n[nH]c(/C=C/c3cccnc3)c2c1.O=C(O)c1cc(F)c2n[nH]c(/C=C/c3cccnc3)c2c1. The summed E-state index contributed by atoms with van der Waals surface area (Å²) in [5.41, 5.74) is 6.67. The maximum Gasteiger partial charge on any atom is 0.335 e. The molecule has 0 spiro atoms. The maximum atomic E-state index is 14.4. The Morgan fingerprint density at radius 2 is 0.928 bits per heavy atom. The molecule has 0 aliphatic heterocycles. The fraction of sp³-hybridized carbons (Fsp3) is 0.0986. The van der Waals surface area contributed by atoms with Crippen LogP contribution >= 0.6 is 0 Å². The number of H-pyrrole nitrogens is 3. The van der Waals surface area contributed by atoms with E-state index < -0.39 is 53.1 Å². The number of fused-ring (bicyclic) bond motifs is 4. The van der Waals surface area contributed by atoms with Gasteiger partial charge in [0.05, 0.1) is 59.4 Å². The van der Waals surface area contributed by atoms with Gasteiger partial charge in [0.2, 0.25) is 0 Å². The van der Waals surface area contributed by atoms with E-state index in [4.69, 9.17) is 14.6 Å². The molecular formula is C71H58F4N14O8. The first-order chi connectivity index (χ1) is 46.9. The lowest BCUT2D eigenvalue weighted by Crippen LogP contribution is -2.41. The summed E-state index contributed by atoms with van der Waals surface area (Å²) < 4.78 is 63.3. The molecule has 0 aliphatic rings. The third-order valence-corrected chi connectivity index (χ3v) is 14.7. The van der Waals surface area contributed by atoms with Crippen molar-refractivity contribution < 1.29 is 56.5 Å². The van der Waals surface area contributed by atoms with E-state index in [2.05, 4.69) is 66.3 Å². The number of carboxylic acids is 2. The number of aromatic nitrogens is 12. The van der Waals surface area contributed by atoms with Crippen LogP contribution in [0.1, 0.15) is 106 Å². The number of aromatic carboxylic acids is 2. The normalized spacial score (nSPS) is 11.7. The Hall–Kier alpha value is -12.8. The lowest BCUT2D eigenvalue weighted by atomic mass is 10.0. The van der Waals surface area contributed by atoms with Gasteiger partial charge in [0, 0.05) is 89.3 Å². The van der Waals surface area contributed by atoms with Crippen molar-refractivity contribution >= 4 is 116 Å². The molecule has 26 heteroatoms. The third-order valence-electron chi connectivity index (χ3n) is 14.7. The van der Waals surface area contributed by atoms with E-state index in [0.717, 1.165) is 40.5 Å². The molecule has 22 nitrogen and oxygen atoms in total. The Kier molecular flexibility index (Phi) is 21.6. The van der Waals surface area contributed by atoms with E-state index in [-0.39, 0.29) is 63.4 Å². The van der Waals surface area contributed by atoms with E-state index in [9.17, 15) is 41.8 Å². The zero-order valence-electron chi connectivity index (χ0n) is 51.7. The second kappa shape index (κ2) is 31.2. The second-order valence-corrected chi connectivity index (χ2v) is 21.7. The molecule has 0 aliphatic carbocycles. The number of carboxylic acid groups (broad SMARTS) is 2. The van der Waals surface area contributed by atoms with E-state index in [1.54, 1.807) is 129 Å². The van der Waals surface area contributed by atoms with Crippen LogP contribution in [-0.4, -0.2) is 112 Å². The maximum absolute atomic E-state index is 14.4. The van der Waals surface area contributed by atoms with Crippen LogP contribution in [0.5, 0.6) is 0 Å². The number of aliphatic hydroxyl groups excluding tert-OH is 1. The highest BCUT2D eigenvalue weighted by Gasteiger charge is 2.21. The van der Waals surface area contributed by atoms with Gasteiger partial charge in [0.25, 0.3) is 11.8 Å². The number of rotatable bonds is 17. The first kappa shape index (κ1) is 67.1. The molecule has 0 saturated carbocycles. The highest BCUT2D eigenvalue weighted by atomic mass is 19.1. The van der Waals surface area contributed by atoms with Crippen molar-refractivity contribution in [1.29, 1.82) is 0 Å². The van der Waals surface area contributed by atoms with Crippen LogP contribution < -0.4 is 10.6 Å². The number of aromatic amines is 3. The predicted octanol–water partition coefficient (Wildman–Crippen LogP) is 12.7. The van der Waals surface area contributed by atoms with Crippen molar-refractivity contribution in [3.8, 4) is 0 Å². The lowest BCUT2D eigenvalue weighted by molar-refractivity contribution is 0.0686. The molecule has 488 valence electrons. The van der Waals surface area contributed by atoms with Gasteiger partial charge in [-0.15, -0.1) is 0 Å². The number of nitrogens with one attached hydrogen (secondary N) is 5. The number of halogens is 4. The minimum Gasteiger partial charge on any atom is -0.478 e. The van der Waals surface area contributed by atoms with Crippen LogP contribution in [0.25, 0.3) is 92.2 Å². The molecule has 9 aromatic heterocycles. The van der Waals surface area contributed by atoms with Gasteiger partial charge >= 0.3 is 11.9 Å². The molecular weight excluding hydrogens is 1250 g/mol. The highest BCUT2D eigenvalue weighted by Crippen LogP contribution is 2.28. The molecule has 0 fully saturated rings. The van der Waals surface area contributed by atoms with Crippen molar-refractivity contribution in [3.63, 3.8) is 0 Å². The van der Waals surface area contributed by atoms with Crippen LogP contribution in [0, 0.1) is 29.2 Å². The van der Waals surface area contributed by atoms with Gasteiger partial charge in [-0.2, -0.15) is 20.4 Å². The van der Waals surface area contributed by atoms with Crippen molar-refractivity contribution in [2.45, 2.75) is 26.4 Å². The molecule has 1 atom stereocenters. The average molecular weight is 1310 g/mol. The molecule has 0 bridgehead atoms. The minimum absolute atomic E-state index is 0.0550. The number of furan rings is 1. The Labute approximate surface area is 548 Å². The molecule has 0 unspecified atom stereocenters. The molecule has 2 amide bonds. The zero-order valence-corrected chi connectivity index (χ0v) is 51.7.